The molecule has 0 saturated carbocycles. The maximum absolute atomic E-state index is 5.94. The molecule has 1 aliphatic heterocycles. The number of hydrogen-bond acceptors (Lipinski definition) is 2. The van der Waals surface area contributed by atoms with E-state index in [4.69, 9.17) is 10.5 Å². The third-order valence-electron chi connectivity index (χ3n) is 3.76. The molecular weight excluding hydrogens is 210 g/mol. The van der Waals surface area contributed by atoms with Crippen molar-refractivity contribution in [3.8, 4) is 0 Å². The molecule has 0 amide bonds. The van der Waals surface area contributed by atoms with Crippen molar-refractivity contribution in [2.45, 2.75) is 32.1 Å². The van der Waals surface area contributed by atoms with E-state index in [1.807, 2.05) is 0 Å². The highest BCUT2D eigenvalue weighted by Crippen LogP contribution is 2.28. The molecule has 1 heterocycles. The van der Waals surface area contributed by atoms with Gasteiger partial charge in [-0.15, -0.1) is 0 Å². The number of ether oxygens (including phenoxy) is 1. The molecule has 2 nitrogen and oxygen atoms in total. The molecule has 2 N–H and O–H groups in total. The van der Waals surface area contributed by atoms with E-state index in [0.29, 0.717) is 5.92 Å². The summed E-state index contributed by atoms with van der Waals surface area (Å²) < 4.78 is 5.41. The van der Waals surface area contributed by atoms with Crippen LogP contribution in [0.4, 0.5) is 0 Å². The molecule has 2 rings (SSSR count). The zero-order chi connectivity index (χ0) is 12.1. The molecule has 1 aromatic carbocycles. The Bertz CT molecular complexity index is 345. The normalized spacial score (nSPS) is 19.2. The molecule has 94 valence electrons. The fraction of sp³-hybridized carbons (Fsp3) is 0.600. The zero-order valence-corrected chi connectivity index (χ0v) is 10.7. The third-order valence-corrected chi connectivity index (χ3v) is 3.76. The van der Waals surface area contributed by atoms with Crippen LogP contribution >= 0.6 is 0 Å². The highest BCUT2D eigenvalue weighted by molar-refractivity contribution is 5.25. The molecular formula is C15H23NO. The molecule has 0 aromatic heterocycles. The van der Waals surface area contributed by atoms with Crippen LogP contribution < -0.4 is 5.73 Å². The molecule has 1 saturated heterocycles. The standard InChI is InChI=1S/C15H23NO/c1-12-3-2-4-14(9-12)15(11-16)10-13-5-7-17-8-6-13/h2-4,9,13,15H,5-8,10-11,16H2,1H3. The van der Waals surface area contributed by atoms with Crippen LogP contribution in [0.1, 0.15) is 36.3 Å². The van der Waals surface area contributed by atoms with Crippen LogP contribution in [0.25, 0.3) is 0 Å². The van der Waals surface area contributed by atoms with Gasteiger partial charge < -0.3 is 10.5 Å². The first-order valence-corrected chi connectivity index (χ1v) is 6.64. The molecule has 17 heavy (non-hydrogen) atoms. The molecule has 1 fully saturated rings. The quantitative estimate of drug-likeness (QED) is 0.868. The molecule has 1 atom stereocenters. The molecule has 0 aliphatic carbocycles. The molecule has 1 unspecified atom stereocenters. The molecule has 0 radical (unpaired) electrons. The fourth-order valence-corrected chi connectivity index (χ4v) is 2.68. The summed E-state index contributed by atoms with van der Waals surface area (Å²) in [6, 6.07) is 8.77. The number of rotatable bonds is 4. The van der Waals surface area contributed by atoms with Gasteiger partial charge in [0.15, 0.2) is 0 Å². The van der Waals surface area contributed by atoms with Crippen molar-refractivity contribution in [2.24, 2.45) is 11.7 Å². The summed E-state index contributed by atoms with van der Waals surface area (Å²) in [5.41, 5.74) is 8.67. The van der Waals surface area contributed by atoms with Crippen molar-refractivity contribution >= 4 is 0 Å². The van der Waals surface area contributed by atoms with E-state index in [-0.39, 0.29) is 0 Å². The van der Waals surface area contributed by atoms with Crippen LogP contribution in [-0.2, 0) is 4.74 Å². The van der Waals surface area contributed by atoms with Crippen LogP contribution in [0.2, 0.25) is 0 Å². The SMILES string of the molecule is Cc1cccc(C(CN)CC2CCOCC2)c1. The van der Waals surface area contributed by atoms with Gasteiger partial charge in [0.05, 0.1) is 0 Å². The van der Waals surface area contributed by atoms with Gasteiger partial charge in [-0.2, -0.15) is 0 Å². The maximum atomic E-state index is 5.94. The minimum Gasteiger partial charge on any atom is -0.381 e. The van der Waals surface area contributed by atoms with Crippen LogP contribution in [0.3, 0.4) is 0 Å². The highest BCUT2D eigenvalue weighted by Gasteiger charge is 2.19. The van der Waals surface area contributed by atoms with Crippen molar-refractivity contribution in [1.82, 2.24) is 0 Å². The first-order chi connectivity index (χ1) is 8.29. The van der Waals surface area contributed by atoms with Gasteiger partial charge >= 0.3 is 0 Å². The van der Waals surface area contributed by atoms with Gasteiger partial charge in [-0.05, 0) is 50.1 Å². The zero-order valence-electron chi connectivity index (χ0n) is 10.7. The average Bonchev–Trinajstić information content (AvgIpc) is 2.37. The molecule has 1 aromatic rings. The van der Waals surface area contributed by atoms with Crippen molar-refractivity contribution in [3.05, 3.63) is 35.4 Å². The van der Waals surface area contributed by atoms with Gasteiger partial charge in [0.25, 0.3) is 0 Å². The van der Waals surface area contributed by atoms with E-state index in [0.717, 1.165) is 25.7 Å². The topological polar surface area (TPSA) is 35.2 Å². The van der Waals surface area contributed by atoms with E-state index in [2.05, 4.69) is 31.2 Å². The third kappa shape index (κ3) is 3.55. The van der Waals surface area contributed by atoms with Crippen LogP contribution in [0.15, 0.2) is 24.3 Å². The first kappa shape index (κ1) is 12.6. The fourth-order valence-electron chi connectivity index (χ4n) is 2.68. The number of aryl methyl sites for hydroxylation is 1. The predicted octanol–water partition coefficient (Wildman–Crippen LogP) is 2.85. The van der Waals surface area contributed by atoms with Gasteiger partial charge in [-0.25, -0.2) is 0 Å². The Labute approximate surface area is 104 Å². The van der Waals surface area contributed by atoms with Crippen molar-refractivity contribution < 1.29 is 4.74 Å². The van der Waals surface area contributed by atoms with Gasteiger partial charge in [0.2, 0.25) is 0 Å². The lowest BCUT2D eigenvalue weighted by atomic mass is 9.85. The first-order valence-electron chi connectivity index (χ1n) is 6.64. The lowest BCUT2D eigenvalue weighted by Crippen LogP contribution is -2.21. The second-order valence-electron chi connectivity index (χ2n) is 5.14. The number of nitrogens with two attached hydrogens (primary N) is 1. The predicted molar refractivity (Wildman–Crippen MR) is 71.1 cm³/mol. The highest BCUT2D eigenvalue weighted by atomic mass is 16.5. The van der Waals surface area contributed by atoms with E-state index < -0.39 is 0 Å². The Morgan fingerprint density at radius 2 is 2.12 bits per heavy atom. The molecule has 0 spiro atoms. The summed E-state index contributed by atoms with van der Waals surface area (Å²) in [5.74, 6) is 1.30. The lowest BCUT2D eigenvalue weighted by Gasteiger charge is -2.26. The summed E-state index contributed by atoms with van der Waals surface area (Å²) in [7, 11) is 0. The summed E-state index contributed by atoms with van der Waals surface area (Å²) in [6.07, 6.45) is 3.61. The lowest BCUT2D eigenvalue weighted by molar-refractivity contribution is 0.0619. The van der Waals surface area contributed by atoms with Gasteiger partial charge in [0.1, 0.15) is 0 Å². The summed E-state index contributed by atoms with van der Waals surface area (Å²) >= 11 is 0. The minimum absolute atomic E-state index is 0.512. The van der Waals surface area contributed by atoms with E-state index in [9.17, 15) is 0 Å². The Hall–Kier alpha value is -0.860. The molecule has 1 aliphatic rings. The van der Waals surface area contributed by atoms with Crippen molar-refractivity contribution in [1.29, 1.82) is 0 Å². The number of hydrogen-bond donors (Lipinski definition) is 1. The molecule has 0 bridgehead atoms. The second kappa shape index (κ2) is 6.18. The summed E-state index contributed by atoms with van der Waals surface area (Å²) in [6.45, 7) is 4.75. The Kier molecular flexibility index (Phi) is 4.57. The Morgan fingerprint density at radius 3 is 2.76 bits per heavy atom. The Balaban J connectivity index is 2.00. The van der Waals surface area contributed by atoms with E-state index >= 15 is 0 Å². The van der Waals surface area contributed by atoms with Crippen LogP contribution in [-0.4, -0.2) is 19.8 Å². The van der Waals surface area contributed by atoms with Crippen molar-refractivity contribution in [2.75, 3.05) is 19.8 Å². The number of benzene rings is 1. The van der Waals surface area contributed by atoms with Gasteiger partial charge in [-0.3, -0.25) is 0 Å². The Morgan fingerprint density at radius 1 is 1.35 bits per heavy atom. The van der Waals surface area contributed by atoms with Crippen LogP contribution in [0, 0.1) is 12.8 Å². The summed E-state index contributed by atoms with van der Waals surface area (Å²) in [4.78, 5) is 0. The second-order valence-corrected chi connectivity index (χ2v) is 5.14. The van der Waals surface area contributed by atoms with E-state index in [1.165, 1.54) is 30.4 Å². The maximum Gasteiger partial charge on any atom is 0.0468 e. The van der Waals surface area contributed by atoms with Crippen LogP contribution in [0.5, 0.6) is 0 Å². The largest absolute Gasteiger partial charge is 0.381 e. The van der Waals surface area contributed by atoms with E-state index in [1.54, 1.807) is 0 Å². The van der Waals surface area contributed by atoms with Crippen molar-refractivity contribution in [3.63, 3.8) is 0 Å². The van der Waals surface area contributed by atoms with Gasteiger partial charge in [-0.1, -0.05) is 29.8 Å². The monoisotopic (exact) mass is 233 g/mol. The smallest absolute Gasteiger partial charge is 0.0468 e. The average molecular weight is 233 g/mol. The summed E-state index contributed by atoms with van der Waals surface area (Å²) in [5, 5.41) is 0. The molecule has 2 heteroatoms. The minimum atomic E-state index is 0.512. The van der Waals surface area contributed by atoms with Gasteiger partial charge in [0, 0.05) is 13.2 Å².